The fourth-order valence-corrected chi connectivity index (χ4v) is 3.81. The Hall–Kier alpha value is -4.08. The van der Waals surface area contributed by atoms with Gasteiger partial charge in [-0.15, -0.1) is 0 Å². The number of oxazole rings is 1. The van der Waals surface area contributed by atoms with Gasteiger partial charge in [0.2, 0.25) is 0 Å². The summed E-state index contributed by atoms with van der Waals surface area (Å²) in [7, 11) is 0. The van der Waals surface area contributed by atoms with Crippen molar-refractivity contribution < 1.29 is 17.6 Å². The minimum Gasteiger partial charge on any atom is -0.444 e. The van der Waals surface area contributed by atoms with Gasteiger partial charge in [0.05, 0.1) is 23.1 Å². The molecule has 0 radical (unpaired) electrons. The van der Waals surface area contributed by atoms with Crippen LogP contribution in [0.2, 0.25) is 0 Å². The molecule has 10 heteroatoms. The van der Waals surface area contributed by atoms with Gasteiger partial charge in [-0.1, -0.05) is 13.8 Å². The van der Waals surface area contributed by atoms with Crippen LogP contribution in [0.15, 0.2) is 64.3 Å². The Balaban J connectivity index is 0.00000186. The molecule has 0 aliphatic heterocycles. The van der Waals surface area contributed by atoms with Crippen molar-refractivity contribution in [3.05, 3.63) is 76.5 Å². The topological polar surface area (TPSA) is 85.0 Å². The highest BCUT2D eigenvalue weighted by Crippen LogP contribution is 2.35. The second-order valence-corrected chi connectivity index (χ2v) is 7.90. The number of hydrogen-bond acceptors (Lipinski definition) is 6. The van der Waals surface area contributed by atoms with Crippen molar-refractivity contribution in [1.29, 1.82) is 0 Å². The number of benzene rings is 2. The van der Waals surface area contributed by atoms with Crippen molar-refractivity contribution in [2.45, 2.75) is 40.8 Å². The van der Waals surface area contributed by atoms with Gasteiger partial charge in [0.15, 0.2) is 12.2 Å². The Morgan fingerprint density at radius 1 is 0.973 bits per heavy atom. The Labute approximate surface area is 213 Å². The first kappa shape index (κ1) is 27.5. The molecule has 7 nitrogen and oxygen atoms in total. The van der Waals surface area contributed by atoms with Crippen molar-refractivity contribution in [3.8, 4) is 28.3 Å². The summed E-state index contributed by atoms with van der Waals surface area (Å²) in [5.41, 5.74) is 1.14. The Morgan fingerprint density at radius 2 is 1.68 bits per heavy atom. The molecule has 0 saturated carbocycles. The lowest BCUT2D eigenvalue weighted by molar-refractivity contribution is -0.137. The first-order chi connectivity index (χ1) is 17.7. The molecule has 37 heavy (non-hydrogen) atoms. The molecule has 4 rings (SSSR count). The van der Waals surface area contributed by atoms with Gasteiger partial charge in [0, 0.05) is 29.9 Å². The second-order valence-electron chi connectivity index (χ2n) is 7.90. The van der Waals surface area contributed by atoms with Crippen LogP contribution in [0.4, 0.5) is 24.5 Å². The zero-order valence-corrected chi connectivity index (χ0v) is 21.4. The van der Waals surface area contributed by atoms with Gasteiger partial charge in [0.25, 0.3) is 5.56 Å². The first-order valence-corrected chi connectivity index (χ1v) is 12.1. The van der Waals surface area contributed by atoms with Gasteiger partial charge < -0.3 is 15.1 Å². The van der Waals surface area contributed by atoms with Crippen LogP contribution in [-0.2, 0) is 6.18 Å². The minimum absolute atomic E-state index is 0.141. The molecule has 2 heterocycles. The van der Waals surface area contributed by atoms with Crippen LogP contribution in [0, 0.1) is 6.92 Å². The lowest BCUT2D eigenvalue weighted by atomic mass is 10.0. The zero-order chi connectivity index (χ0) is 27.2. The largest absolute Gasteiger partial charge is 0.444 e. The van der Waals surface area contributed by atoms with Crippen molar-refractivity contribution in [3.63, 3.8) is 0 Å². The van der Waals surface area contributed by atoms with E-state index >= 15 is 0 Å². The SMILES string of the molecule is CC.CCNc1ccc(C(F)(F)F)c(-n2nc(-c3cc(C)cc(-c4cnco4)c3)cc(NCC)c2=O)c1. The number of aromatic nitrogens is 3. The number of rotatable bonds is 7. The molecule has 0 atom stereocenters. The average Bonchev–Trinajstić information content (AvgIpc) is 3.41. The molecule has 0 aliphatic rings. The number of nitrogens with zero attached hydrogens (tertiary/aromatic N) is 3. The Bertz CT molecular complexity index is 1400. The summed E-state index contributed by atoms with van der Waals surface area (Å²) >= 11 is 0. The lowest BCUT2D eigenvalue weighted by Crippen LogP contribution is -2.27. The van der Waals surface area contributed by atoms with E-state index in [0.29, 0.717) is 35.8 Å². The fourth-order valence-electron chi connectivity index (χ4n) is 3.81. The Kier molecular flexibility index (Phi) is 8.75. The maximum Gasteiger partial charge on any atom is 0.418 e. The van der Waals surface area contributed by atoms with E-state index in [0.717, 1.165) is 21.9 Å². The van der Waals surface area contributed by atoms with Crippen molar-refractivity contribution in [2.75, 3.05) is 23.7 Å². The first-order valence-electron chi connectivity index (χ1n) is 12.1. The average molecular weight is 514 g/mol. The summed E-state index contributed by atoms with van der Waals surface area (Å²) in [4.78, 5) is 17.2. The van der Waals surface area contributed by atoms with E-state index < -0.39 is 17.3 Å². The van der Waals surface area contributed by atoms with E-state index in [1.54, 1.807) is 25.3 Å². The van der Waals surface area contributed by atoms with Gasteiger partial charge in [-0.25, -0.2) is 4.98 Å². The normalized spacial score (nSPS) is 11.0. The standard InChI is InChI=1S/C25H24F3N5O2.C2H6/c1-4-30-18-6-7-19(25(26,27)28)22(11-18)33-24(34)21(31-5-2)12-20(32-33)16-8-15(3)9-17(10-16)23-13-29-14-35-23;1-2/h6-14,30-31H,4-5H2,1-3H3;1-2H3. The summed E-state index contributed by atoms with van der Waals surface area (Å²) in [6.07, 6.45) is -1.80. The predicted octanol–water partition coefficient (Wildman–Crippen LogP) is 6.77. The third-order valence-corrected chi connectivity index (χ3v) is 5.28. The van der Waals surface area contributed by atoms with Gasteiger partial charge in [0.1, 0.15) is 5.69 Å². The number of anilines is 2. The predicted molar refractivity (Wildman–Crippen MR) is 140 cm³/mol. The van der Waals surface area contributed by atoms with E-state index in [2.05, 4.69) is 20.7 Å². The third kappa shape index (κ3) is 6.19. The molecule has 2 aromatic heterocycles. The molecule has 2 N–H and O–H groups in total. The summed E-state index contributed by atoms with van der Waals surface area (Å²) in [5.74, 6) is 0.535. The van der Waals surface area contributed by atoms with E-state index in [9.17, 15) is 18.0 Å². The highest BCUT2D eigenvalue weighted by atomic mass is 19.4. The van der Waals surface area contributed by atoms with E-state index in [1.165, 1.54) is 18.5 Å². The highest BCUT2D eigenvalue weighted by Gasteiger charge is 2.35. The molecule has 196 valence electrons. The minimum atomic E-state index is -4.68. The highest BCUT2D eigenvalue weighted by molar-refractivity contribution is 5.71. The maximum absolute atomic E-state index is 13.9. The maximum atomic E-state index is 13.9. The van der Waals surface area contributed by atoms with Crippen LogP contribution >= 0.6 is 0 Å². The molecule has 0 amide bonds. The smallest absolute Gasteiger partial charge is 0.418 e. The number of aryl methyl sites for hydroxylation is 1. The van der Waals surface area contributed by atoms with Crippen LogP contribution in [-0.4, -0.2) is 27.9 Å². The fraction of sp³-hybridized carbons (Fsp3) is 0.296. The summed E-state index contributed by atoms with van der Waals surface area (Å²) in [6, 6.07) is 10.6. The van der Waals surface area contributed by atoms with Crippen LogP contribution < -0.4 is 16.2 Å². The second kappa shape index (κ2) is 11.8. The monoisotopic (exact) mass is 513 g/mol. The number of hydrogen-bond donors (Lipinski definition) is 2. The molecular weight excluding hydrogens is 483 g/mol. The molecule has 2 aromatic carbocycles. The molecule has 0 bridgehead atoms. The van der Waals surface area contributed by atoms with Crippen LogP contribution in [0.3, 0.4) is 0 Å². The van der Waals surface area contributed by atoms with Crippen LogP contribution in [0.25, 0.3) is 28.3 Å². The van der Waals surface area contributed by atoms with Gasteiger partial charge in [-0.2, -0.15) is 23.0 Å². The molecule has 0 spiro atoms. The van der Waals surface area contributed by atoms with E-state index in [1.807, 2.05) is 39.8 Å². The molecule has 0 saturated heterocycles. The Morgan fingerprint density at radius 3 is 2.30 bits per heavy atom. The van der Waals surface area contributed by atoms with Gasteiger partial charge in [-0.05, 0) is 68.8 Å². The van der Waals surface area contributed by atoms with Crippen molar-refractivity contribution in [1.82, 2.24) is 14.8 Å². The van der Waals surface area contributed by atoms with Crippen molar-refractivity contribution in [2.24, 2.45) is 0 Å². The molecule has 0 fully saturated rings. The molecule has 0 aliphatic carbocycles. The van der Waals surface area contributed by atoms with Crippen LogP contribution in [0.5, 0.6) is 0 Å². The van der Waals surface area contributed by atoms with E-state index in [4.69, 9.17) is 4.42 Å². The van der Waals surface area contributed by atoms with Gasteiger partial charge >= 0.3 is 6.18 Å². The summed E-state index contributed by atoms with van der Waals surface area (Å²) < 4.78 is 48.0. The summed E-state index contributed by atoms with van der Waals surface area (Å²) in [6.45, 7) is 10.4. The number of alkyl halides is 3. The quantitative estimate of drug-likeness (QED) is 0.284. The number of nitrogens with one attached hydrogen (secondary N) is 2. The molecule has 4 aromatic rings. The zero-order valence-electron chi connectivity index (χ0n) is 21.4. The van der Waals surface area contributed by atoms with Gasteiger partial charge in [-0.3, -0.25) is 4.79 Å². The molecular formula is C27H30F3N5O2. The number of halogens is 3. The third-order valence-electron chi connectivity index (χ3n) is 5.28. The van der Waals surface area contributed by atoms with Crippen LogP contribution in [0.1, 0.15) is 38.8 Å². The van der Waals surface area contributed by atoms with Crippen molar-refractivity contribution >= 4 is 11.4 Å². The molecule has 0 unspecified atom stereocenters. The van der Waals surface area contributed by atoms with E-state index in [-0.39, 0.29) is 11.4 Å². The lowest BCUT2D eigenvalue weighted by Gasteiger charge is -2.18. The summed E-state index contributed by atoms with van der Waals surface area (Å²) in [5, 5.41) is 10.3.